The number of hydrogen-bond acceptors (Lipinski definition) is 3. The van der Waals surface area contributed by atoms with Gasteiger partial charge in [0.1, 0.15) is 0 Å². The average molecular weight is 401 g/mol. The number of nitrogens with two attached hydrogens (primary N) is 1. The van der Waals surface area contributed by atoms with Crippen LogP contribution in [0.5, 0.6) is 0 Å². The van der Waals surface area contributed by atoms with Crippen molar-refractivity contribution in [2.24, 2.45) is 5.73 Å². The Morgan fingerprint density at radius 2 is 2.04 bits per heavy atom. The fourth-order valence-corrected chi connectivity index (χ4v) is 3.64. The highest BCUT2D eigenvalue weighted by Gasteiger charge is 2.34. The number of halogens is 2. The van der Waals surface area contributed by atoms with Crippen LogP contribution >= 0.6 is 28.3 Å². The van der Waals surface area contributed by atoms with E-state index in [-0.39, 0.29) is 29.4 Å². The van der Waals surface area contributed by atoms with Gasteiger partial charge in [-0.05, 0) is 34.8 Å². The van der Waals surface area contributed by atoms with E-state index < -0.39 is 0 Å². The third-order valence-corrected chi connectivity index (χ3v) is 5.06. The summed E-state index contributed by atoms with van der Waals surface area (Å²) in [5, 5.41) is 3.78. The molecule has 0 saturated heterocycles. The molecule has 4 N–H and O–H groups in total. The Balaban J connectivity index is 0.00000192. The summed E-state index contributed by atoms with van der Waals surface area (Å²) >= 11 is 3.40. The minimum atomic E-state index is -0.335. The number of aromatic nitrogens is 1. The Morgan fingerprint density at radius 1 is 1.35 bits per heavy atom. The number of amides is 1. The van der Waals surface area contributed by atoms with Crippen LogP contribution in [0, 0.1) is 0 Å². The number of para-hydroxylation sites is 1. The molecule has 7 heteroatoms. The van der Waals surface area contributed by atoms with Crippen LogP contribution in [0.25, 0.3) is 10.9 Å². The number of H-pyrrole nitrogens is 1. The number of nitrogens with one attached hydrogen (secondary N) is 2. The maximum absolute atomic E-state index is 12.7. The summed E-state index contributed by atoms with van der Waals surface area (Å²) < 4.78 is 0.756. The molecule has 23 heavy (non-hydrogen) atoms. The lowest BCUT2D eigenvalue weighted by Crippen LogP contribution is -2.51. The van der Waals surface area contributed by atoms with E-state index in [4.69, 9.17) is 5.73 Å². The van der Waals surface area contributed by atoms with E-state index in [1.165, 1.54) is 6.07 Å². The second kappa shape index (κ2) is 7.03. The van der Waals surface area contributed by atoms with Crippen LogP contribution in [-0.2, 0) is 0 Å². The number of benzene rings is 1. The maximum Gasteiger partial charge on any atom is 0.252 e. The zero-order valence-corrected chi connectivity index (χ0v) is 14.9. The molecule has 0 spiro atoms. The summed E-state index contributed by atoms with van der Waals surface area (Å²) in [5.74, 6) is -0.235. The zero-order chi connectivity index (χ0) is 15.7. The maximum atomic E-state index is 12.7. The third-order valence-electron chi connectivity index (χ3n) is 4.40. The van der Waals surface area contributed by atoms with Gasteiger partial charge in [-0.2, -0.15) is 0 Å². The highest BCUT2D eigenvalue weighted by molar-refractivity contribution is 9.10. The van der Waals surface area contributed by atoms with Crippen molar-refractivity contribution in [3.8, 4) is 0 Å². The first kappa shape index (κ1) is 18.0. The first-order valence-corrected chi connectivity index (χ1v) is 8.18. The molecule has 3 rings (SSSR count). The van der Waals surface area contributed by atoms with E-state index in [0.29, 0.717) is 17.6 Å². The van der Waals surface area contributed by atoms with Crippen molar-refractivity contribution in [1.82, 2.24) is 10.3 Å². The molecular formula is C16H19BrClN3O2. The van der Waals surface area contributed by atoms with Crippen LogP contribution in [0.15, 0.2) is 33.5 Å². The zero-order valence-electron chi connectivity index (χ0n) is 12.5. The van der Waals surface area contributed by atoms with Crippen molar-refractivity contribution >= 4 is 45.1 Å². The van der Waals surface area contributed by atoms with Crippen LogP contribution in [0.2, 0.25) is 0 Å². The third kappa shape index (κ3) is 3.44. The Morgan fingerprint density at radius 3 is 2.70 bits per heavy atom. The molecule has 0 aliphatic heterocycles. The average Bonchev–Trinajstić information content (AvgIpc) is 2.96. The summed E-state index contributed by atoms with van der Waals surface area (Å²) in [6.45, 7) is 0.420. The molecule has 2 aromatic rings. The van der Waals surface area contributed by atoms with Crippen LogP contribution in [0.3, 0.4) is 0 Å². The van der Waals surface area contributed by atoms with Crippen molar-refractivity contribution in [3.05, 3.63) is 44.7 Å². The van der Waals surface area contributed by atoms with E-state index in [1.54, 1.807) is 0 Å². The molecule has 0 bridgehead atoms. The molecule has 1 saturated carbocycles. The molecular weight excluding hydrogens is 382 g/mol. The van der Waals surface area contributed by atoms with E-state index in [2.05, 4.69) is 26.2 Å². The Labute approximate surface area is 148 Å². The van der Waals surface area contributed by atoms with Gasteiger partial charge in [0.25, 0.3) is 5.91 Å². The molecule has 0 atom stereocenters. The summed E-state index contributed by atoms with van der Waals surface area (Å²) in [5.41, 5.74) is 6.26. The van der Waals surface area contributed by atoms with Gasteiger partial charge in [0, 0.05) is 22.5 Å². The Bertz CT molecular complexity index is 784. The van der Waals surface area contributed by atoms with Gasteiger partial charge in [0.05, 0.1) is 16.6 Å². The van der Waals surface area contributed by atoms with Crippen molar-refractivity contribution < 1.29 is 4.79 Å². The van der Waals surface area contributed by atoms with Crippen molar-refractivity contribution in [1.29, 1.82) is 0 Å². The van der Waals surface area contributed by atoms with E-state index in [9.17, 15) is 9.59 Å². The number of aromatic amines is 1. The number of pyridine rings is 1. The molecule has 1 aromatic heterocycles. The van der Waals surface area contributed by atoms with Gasteiger partial charge in [0.2, 0.25) is 5.56 Å². The summed E-state index contributed by atoms with van der Waals surface area (Å²) in [7, 11) is 0. The smallest absolute Gasteiger partial charge is 0.252 e. The first-order valence-electron chi connectivity index (χ1n) is 7.39. The predicted octanol–water partition coefficient (Wildman–Crippen LogP) is 2.71. The molecule has 0 unspecified atom stereocenters. The van der Waals surface area contributed by atoms with Gasteiger partial charge < -0.3 is 16.0 Å². The van der Waals surface area contributed by atoms with Gasteiger partial charge >= 0.3 is 0 Å². The fourth-order valence-electron chi connectivity index (χ4n) is 3.17. The van der Waals surface area contributed by atoms with Gasteiger partial charge in [0.15, 0.2) is 0 Å². The van der Waals surface area contributed by atoms with Crippen molar-refractivity contribution in [3.63, 3.8) is 0 Å². The van der Waals surface area contributed by atoms with E-state index in [1.807, 2.05) is 18.2 Å². The number of rotatable bonds is 3. The quantitative estimate of drug-likeness (QED) is 0.740. The number of carbonyl (C=O) groups is 1. The van der Waals surface area contributed by atoms with Crippen LogP contribution in [-0.4, -0.2) is 23.0 Å². The van der Waals surface area contributed by atoms with Crippen LogP contribution < -0.4 is 16.6 Å². The van der Waals surface area contributed by atoms with Gasteiger partial charge in [-0.1, -0.05) is 25.0 Å². The van der Waals surface area contributed by atoms with Gasteiger partial charge in [-0.3, -0.25) is 9.59 Å². The SMILES string of the molecule is Cl.NCC1(NC(=O)c2cc(=O)[nH]c3c(Br)cccc23)CCCC1. The molecule has 5 nitrogen and oxygen atoms in total. The second-order valence-electron chi connectivity index (χ2n) is 5.86. The van der Waals surface area contributed by atoms with Gasteiger partial charge in [-0.25, -0.2) is 0 Å². The van der Waals surface area contributed by atoms with Crippen LogP contribution in [0.4, 0.5) is 0 Å². The normalized spacial score (nSPS) is 16.1. The molecule has 1 fully saturated rings. The second-order valence-corrected chi connectivity index (χ2v) is 6.71. The summed E-state index contributed by atoms with van der Waals surface area (Å²) in [6, 6.07) is 6.85. The lowest BCUT2D eigenvalue weighted by molar-refractivity contribution is 0.0904. The molecule has 1 aliphatic carbocycles. The van der Waals surface area contributed by atoms with Gasteiger partial charge in [-0.15, -0.1) is 12.4 Å². The van der Waals surface area contributed by atoms with Crippen LogP contribution in [0.1, 0.15) is 36.0 Å². The minimum Gasteiger partial charge on any atom is -0.345 e. The topological polar surface area (TPSA) is 88.0 Å². The highest BCUT2D eigenvalue weighted by atomic mass is 79.9. The van der Waals surface area contributed by atoms with E-state index >= 15 is 0 Å². The molecule has 1 aliphatic rings. The molecule has 1 heterocycles. The number of fused-ring (bicyclic) bond motifs is 1. The Kier molecular flexibility index (Phi) is 5.49. The molecule has 0 radical (unpaired) electrons. The van der Waals surface area contributed by atoms with Crippen molar-refractivity contribution in [2.75, 3.05) is 6.54 Å². The number of hydrogen-bond donors (Lipinski definition) is 3. The Hall–Kier alpha value is -1.37. The minimum absolute atomic E-state index is 0. The summed E-state index contributed by atoms with van der Waals surface area (Å²) in [4.78, 5) is 27.3. The fraction of sp³-hybridized carbons (Fsp3) is 0.375. The van der Waals surface area contributed by atoms with Crippen molar-refractivity contribution in [2.45, 2.75) is 31.2 Å². The molecule has 1 amide bonds. The monoisotopic (exact) mass is 399 g/mol. The largest absolute Gasteiger partial charge is 0.345 e. The van der Waals surface area contributed by atoms with E-state index in [0.717, 1.165) is 35.5 Å². The summed E-state index contributed by atoms with van der Waals surface area (Å²) in [6.07, 6.45) is 3.92. The lowest BCUT2D eigenvalue weighted by atomic mass is 9.96. The molecule has 1 aromatic carbocycles. The standard InChI is InChI=1S/C16H18BrN3O2.ClH/c17-12-5-3-4-10-11(8-13(21)19-14(10)12)15(22)20-16(9-18)6-1-2-7-16;/h3-5,8H,1-2,6-7,9,18H2,(H,19,21)(H,20,22);1H. The highest BCUT2D eigenvalue weighted by Crippen LogP contribution is 2.30. The first-order chi connectivity index (χ1) is 10.5. The lowest BCUT2D eigenvalue weighted by Gasteiger charge is -2.28. The number of carbonyl (C=O) groups excluding carboxylic acids is 1. The predicted molar refractivity (Wildman–Crippen MR) is 97.2 cm³/mol. The molecule has 124 valence electrons.